The van der Waals surface area contributed by atoms with Gasteiger partial charge in [-0.3, -0.25) is 0 Å². The second kappa shape index (κ2) is 3.06. The lowest BCUT2D eigenvalue weighted by Gasteiger charge is -2.43. The second-order valence-electron chi connectivity index (χ2n) is 4.98. The Morgan fingerprint density at radius 2 is 2.08 bits per heavy atom. The monoisotopic (exact) mass is 167 g/mol. The molecule has 3 unspecified atom stereocenters. The topological polar surface area (TPSA) is 26.0 Å². The van der Waals surface area contributed by atoms with Crippen LogP contribution in [0.15, 0.2) is 0 Å². The van der Waals surface area contributed by atoms with Crippen LogP contribution in [0.25, 0.3) is 0 Å². The summed E-state index contributed by atoms with van der Waals surface area (Å²) in [6, 6.07) is 0. The highest BCUT2D eigenvalue weighted by molar-refractivity contribution is 6.12. The van der Waals surface area contributed by atoms with Crippen molar-refractivity contribution in [2.45, 2.75) is 45.9 Å². The standard InChI is InChI=1S/C10H22BN/c1-4-10(3)8(11)5-6-9(10,2)7-12/h8H,4-7,11-12H2,1-3H3. The van der Waals surface area contributed by atoms with E-state index in [0.717, 1.165) is 12.4 Å². The van der Waals surface area contributed by atoms with Crippen LogP contribution < -0.4 is 5.73 Å². The highest BCUT2D eigenvalue weighted by Gasteiger charge is 2.50. The molecule has 0 aliphatic heterocycles. The van der Waals surface area contributed by atoms with E-state index < -0.39 is 0 Å². The molecule has 12 heavy (non-hydrogen) atoms. The van der Waals surface area contributed by atoms with E-state index in [4.69, 9.17) is 5.73 Å². The van der Waals surface area contributed by atoms with Crippen LogP contribution in [-0.2, 0) is 0 Å². The van der Waals surface area contributed by atoms with E-state index in [2.05, 4.69) is 28.6 Å². The molecule has 1 nitrogen and oxygen atoms in total. The van der Waals surface area contributed by atoms with Crippen molar-refractivity contribution in [3.63, 3.8) is 0 Å². The molecule has 0 radical (unpaired) electrons. The predicted octanol–water partition coefficient (Wildman–Crippen LogP) is 1.58. The summed E-state index contributed by atoms with van der Waals surface area (Å²) in [6.07, 6.45) is 3.94. The van der Waals surface area contributed by atoms with Crippen molar-refractivity contribution in [1.29, 1.82) is 0 Å². The van der Waals surface area contributed by atoms with Crippen molar-refractivity contribution < 1.29 is 0 Å². The van der Waals surface area contributed by atoms with Crippen LogP contribution in [0, 0.1) is 10.8 Å². The lowest BCUT2D eigenvalue weighted by atomic mass is 9.58. The van der Waals surface area contributed by atoms with Gasteiger partial charge in [-0.25, -0.2) is 0 Å². The first-order chi connectivity index (χ1) is 5.50. The van der Waals surface area contributed by atoms with Crippen molar-refractivity contribution >= 4 is 7.85 Å². The Hall–Kier alpha value is 0.0249. The van der Waals surface area contributed by atoms with Crippen molar-refractivity contribution in [1.82, 2.24) is 0 Å². The van der Waals surface area contributed by atoms with Gasteiger partial charge in [-0.2, -0.15) is 0 Å². The number of nitrogens with two attached hydrogens (primary N) is 1. The molecule has 1 saturated carbocycles. The van der Waals surface area contributed by atoms with Gasteiger partial charge in [-0.05, 0) is 23.8 Å². The zero-order chi connectivity index (χ0) is 9.41. The van der Waals surface area contributed by atoms with E-state index in [1.165, 1.54) is 19.3 Å². The fourth-order valence-corrected chi connectivity index (χ4v) is 2.84. The van der Waals surface area contributed by atoms with Crippen LogP contribution in [0.2, 0.25) is 5.82 Å². The van der Waals surface area contributed by atoms with Crippen LogP contribution >= 0.6 is 0 Å². The second-order valence-corrected chi connectivity index (χ2v) is 4.98. The molecule has 2 N–H and O–H groups in total. The van der Waals surface area contributed by atoms with Crippen LogP contribution in [0.1, 0.15) is 40.0 Å². The third-order valence-corrected chi connectivity index (χ3v) is 4.78. The van der Waals surface area contributed by atoms with Gasteiger partial charge in [0.05, 0.1) is 0 Å². The molecule has 1 aliphatic carbocycles. The molecular weight excluding hydrogens is 145 g/mol. The first-order valence-corrected chi connectivity index (χ1v) is 5.20. The molecule has 70 valence electrons. The smallest absolute Gasteiger partial charge is 0.106 e. The van der Waals surface area contributed by atoms with Crippen LogP contribution in [-0.4, -0.2) is 14.4 Å². The Balaban J connectivity index is 2.91. The van der Waals surface area contributed by atoms with E-state index in [1.807, 2.05) is 0 Å². The zero-order valence-corrected chi connectivity index (χ0v) is 8.98. The normalized spacial score (nSPS) is 48.2. The third-order valence-electron chi connectivity index (χ3n) is 4.78. The van der Waals surface area contributed by atoms with Gasteiger partial charge in [-0.1, -0.05) is 39.4 Å². The molecule has 0 amide bonds. The average molecular weight is 167 g/mol. The minimum absolute atomic E-state index is 0.390. The highest BCUT2D eigenvalue weighted by Crippen LogP contribution is 2.59. The maximum atomic E-state index is 5.88. The molecule has 0 heterocycles. The summed E-state index contributed by atoms with van der Waals surface area (Å²) in [5.74, 6) is 0.844. The van der Waals surface area contributed by atoms with Crippen molar-refractivity contribution in [2.75, 3.05) is 6.54 Å². The zero-order valence-electron chi connectivity index (χ0n) is 8.98. The van der Waals surface area contributed by atoms with Gasteiger partial charge in [0.1, 0.15) is 7.85 Å². The highest BCUT2D eigenvalue weighted by atomic mass is 14.7. The summed E-state index contributed by atoms with van der Waals surface area (Å²) in [5, 5.41) is 0. The summed E-state index contributed by atoms with van der Waals surface area (Å²) < 4.78 is 0. The van der Waals surface area contributed by atoms with Gasteiger partial charge in [0.25, 0.3) is 0 Å². The van der Waals surface area contributed by atoms with E-state index in [1.54, 1.807) is 0 Å². The molecule has 0 aromatic heterocycles. The van der Waals surface area contributed by atoms with E-state index >= 15 is 0 Å². The lowest BCUT2D eigenvalue weighted by molar-refractivity contribution is 0.115. The molecule has 0 saturated heterocycles. The first kappa shape index (κ1) is 10.1. The Bertz CT molecular complexity index is 171. The SMILES string of the molecule is BC1CCC(C)(CN)C1(C)CC. The summed E-state index contributed by atoms with van der Waals surface area (Å²) in [5.41, 5.74) is 6.75. The Morgan fingerprint density at radius 1 is 1.50 bits per heavy atom. The van der Waals surface area contributed by atoms with E-state index in [9.17, 15) is 0 Å². The Kier molecular flexibility index (Phi) is 2.58. The third kappa shape index (κ3) is 1.12. The molecule has 0 spiro atoms. The molecule has 0 aromatic rings. The van der Waals surface area contributed by atoms with Gasteiger partial charge < -0.3 is 5.73 Å². The van der Waals surface area contributed by atoms with E-state index in [-0.39, 0.29) is 0 Å². The van der Waals surface area contributed by atoms with Crippen LogP contribution in [0.4, 0.5) is 0 Å². The summed E-state index contributed by atoms with van der Waals surface area (Å²) in [4.78, 5) is 0. The molecule has 1 aliphatic rings. The molecule has 1 rings (SSSR count). The minimum atomic E-state index is 0.390. The molecular formula is C10H22BN. The molecule has 0 aromatic carbocycles. The molecule has 2 heteroatoms. The van der Waals surface area contributed by atoms with Crippen LogP contribution in [0.3, 0.4) is 0 Å². The first-order valence-electron chi connectivity index (χ1n) is 5.20. The molecule has 0 bridgehead atoms. The van der Waals surface area contributed by atoms with Gasteiger partial charge in [0.2, 0.25) is 0 Å². The van der Waals surface area contributed by atoms with E-state index in [0.29, 0.717) is 10.8 Å². The number of hydrogen-bond donors (Lipinski definition) is 1. The predicted molar refractivity (Wildman–Crippen MR) is 57.1 cm³/mol. The van der Waals surface area contributed by atoms with Gasteiger partial charge in [0, 0.05) is 0 Å². The average Bonchev–Trinajstić information content (AvgIpc) is 2.31. The van der Waals surface area contributed by atoms with Gasteiger partial charge in [-0.15, -0.1) is 0 Å². The molecule has 3 atom stereocenters. The fraction of sp³-hybridized carbons (Fsp3) is 1.00. The number of hydrogen-bond acceptors (Lipinski definition) is 1. The summed E-state index contributed by atoms with van der Waals surface area (Å²) >= 11 is 0. The Labute approximate surface area is 77.5 Å². The largest absolute Gasteiger partial charge is 0.330 e. The number of rotatable bonds is 2. The van der Waals surface area contributed by atoms with Crippen molar-refractivity contribution in [3.8, 4) is 0 Å². The van der Waals surface area contributed by atoms with Crippen molar-refractivity contribution in [2.24, 2.45) is 16.6 Å². The Morgan fingerprint density at radius 3 is 2.42 bits per heavy atom. The van der Waals surface area contributed by atoms with Crippen molar-refractivity contribution in [3.05, 3.63) is 0 Å². The van der Waals surface area contributed by atoms with Crippen LogP contribution in [0.5, 0.6) is 0 Å². The maximum Gasteiger partial charge on any atom is 0.106 e. The van der Waals surface area contributed by atoms with Gasteiger partial charge in [0.15, 0.2) is 0 Å². The summed E-state index contributed by atoms with van der Waals surface area (Å²) in [6.45, 7) is 7.93. The maximum absolute atomic E-state index is 5.88. The summed E-state index contributed by atoms with van der Waals surface area (Å²) in [7, 11) is 2.38. The quantitative estimate of drug-likeness (QED) is 0.621. The van der Waals surface area contributed by atoms with Gasteiger partial charge >= 0.3 is 0 Å². The minimum Gasteiger partial charge on any atom is -0.330 e. The molecule has 1 fully saturated rings. The lowest BCUT2D eigenvalue weighted by Crippen LogP contribution is -2.40. The fourth-order valence-electron chi connectivity index (χ4n) is 2.84.